The fourth-order valence-corrected chi connectivity index (χ4v) is 4.65. The van der Waals surface area contributed by atoms with Crippen LogP contribution < -0.4 is 10.0 Å². The van der Waals surface area contributed by atoms with Crippen LogP contribution in [0.4, 0.5) is 0 Å². The summed E-state index contributed by atoms with van der Waals surface area (Å²) >= 11 is 0. The fraction of sp³-hybridized carbons (Fsp3) is 0.409. The van der Waals surface area contributed by atoms with Crippen molar-refractivity contribution in [2.24, 2.45) is 4.99 Å². The zero-order chi connectivity index (χ0) is 21.4. The quantitative estimate of drug-likeness (QED) is 0.512. The molecule has 0 aliphatic carbocycles. The molecule has 158 valence electrons. The molecule has 29 heavy (non-hydrogen) atoms. The van der Waals surface area contributed by atoms with Gasteiger partial charge >= 0.3 is 0 Å². The van der Waals surface area contributed by atoms with Gasteiger partial charge in [-0.15, -0.1) is 0 Å². The zero-order valence-electron chi connectivity index (χ0n) is 17.9. The minimum Gasteiger partial charge on any atom is -0.352 e. The van der Waals surface area contributed by atoms with Gasteiger partial charge in [0.25, 0.3) is 0 Å². The maximum atomic E-state index is 12.3. The van der Waals surface area contributed by atoms with Crippen LogP contribution in [-0.4, -0.2) is 39.4 Å². The predicted octanol–water partition coefficient (Wildman–Crippen LogP) is 3.03. The number of hydrogen-bond acceptors (Lipinski definition) is 3. The van der Waals surface area contributed by atoms with Crippen molar-refractivity contribution in [1.29, 1.82) is 0 Å². The summed E-state index contributed by atoms with van der Waals surface area (Å²) in [5.41, 5.74) is 4.20. The van der Waals surface area contributed by atoms with Gasteiger partial charge in [0.05, 0.1) is 5.75 Å². The predicted molar refractivity (Wildman–Crippen MR) is 120 cm³/mol. The number of guanidine groups is 1. The minimum atomic E-state index is -3.38. The number of sulfonamides is 1. The Morgan fingerprint density at radius 2 is 1.62 bits per heavy atom. The van der Waals surface area contributed by atoms with Gasteiger partial charge < -0.3 is 10.2 Å². The molecule has 0 heterocycles. The van der Waals surface area contributed by atoms with Crippen LogP contribution in [0, 0.1) is 6.92 Å². The van der Waals surface area contributed by atoms with Crippen LogP contribution in [-0.2, 0) is 28.9 Å². The van der Waals surface area contributed by atoms with E-state index in [1.807, 2.05) is 57.3 Å². The molecule has 0 fully saturated rings. The topological polar surface area (TPSA) is 73.8 Å². The van der Waals surface area contributed by atoms with Crippen molar-refractivity contribution >= 4 is 16.0 Å². The second kappa shape index (κ2) is 10.4. The maximum absolute atomic E-state index is 12.3. The number of hydrogen-bond donors (Lipinski definition) is 2. The third kappa shape index (κ3) is 7.18. The Bertz CT molecular complexity index is 939. The Morgan fingerprint density at radius 3 is 2.21 bits per heavy atom. The molecule has 0 aliphatic heterocycles. The zero-order valence-corrected chi connectivity index (χ0v) is 18.8. The highest BCUT2D eigenvalue weighted by Gasteiger charge is 2.16. The van der Waals surface area contributed by atoms with Crippen LogP contribution in [0.5, 0.6) is 0 Å². The van der Waals surface area contributed by atoms with Crippen LogP contribution in [0.2, 0.25) is 0 Å². The van der Waals surface area contributed by atoms with Crippen molar-refractivity contribution in [2.75, 3.05) is 14.1 Å². The molecule has 0 atom stereocenters. The Balaban J connectivity index is 2.07. The normalized spacial score (nSPS) is 12.3. The molecule has 0 saturated heterocycles. The molecule has 0 bridgehead atoms. The summed E-state index contributed by atoms with van der Waals surface area (Å²) in [7, 11) is 0.360. The van der Waals surface area contributed by atoms with E-state index in [2.05, 4.69) is 39.0 Å². The molecule has 6 nitrogen and oxygen atoms in total. The second-order valence-corrected chi connectivity index (χ2v) is 9.24. The number of nitrogens with one attached hydrogen (secondary N) is 2. The van der Waals surface area contributed by atoms with E-state index in [9.17, 15) is 8.42 Å². The molecule has 2 aromatic rings. The Morgan fingerprint density at radius 1 is 1.03 bits per heavy atom. The number of rotatable bonds is 8. The molecule has 7 heteroatoms. The van der Waals surface area contributed by atoms with E-state index >= 15 is 0 Å². The molecule has 0 unspecified atom stereocenters. The molecule has 0 radical (unpaired) electrons. The smallest absolute Gasteiger partial charge is 0.216 e. The van der Waals surface area contributed by atoms with E-state index in [1.54, 1.807) is 7.05 Å². The lowest BCUT2D eigenvalue weighted by atomic mass is 10.1. The van der Waals surface area contributed by atoms with Crippen LogP contribution in [0.3, 0.4) is 0 Å². The van der Waals surface area contributed by atoms with Gasteiger partial charge in [0, 0.05) is 33.2 Å². The van der Waals surface area contributed by atoms with E-state index in [1.165, 1.54) is 11.1 Å². The molecule has 2 rings (SSSR count). The Hall–Kier alpha value is -2.38. The van der Waals surface area contributed by atoms with Crippen LogP contribution in [0.25, 0.3) is 0 Å². The van der Waals surface area contributed by atoms with Crippen LogP contribution in [0.1, 0.15) is 36.1 Å². The summed E-state index contributed by atoms with van der Waals surface area (Å²) in [6.07, 6.45) is 0. The highest BCUT2D eigenvalue weighted by molar-refractivity contribution is 7.88. The van der Waals surface area contributed by atoms with Crippen LogP contribution >= 0.6 is 0 Å². The number of benzene rings is 2. The number of nitrogens with zero attached hydrogens (tertiary/aromatic N) is 2. The van der Waals surface area contributed by atoms with Crippen molar-refractivity contribution in [3.05, 3.63) is 70.8 Å². The first-order valence-corrected chi connectivity index (χ1v) is 11.4. The molecular formula is C22H32N4O2S. The van der Waals surface area contributed by atoms with E-state index in [4.69, 9.17) is 0 Å². The fourth-order valence-electron chi connectivity index (χ4n) is 3.15. The first kappa shape index (κ1) is 22.9. The highest BCUT2D eigenvalue weighted by atomic mass is 32.2. The van der Waals surface area contributed by atoms with E-state index in [-0.39, 0.29) is 11.8 Å². The molecule has 0 aliphatic rings. The molecular weight excluding hydrogens is 384 g/mol. The maximum Gasteiger partial charge on any atom is 0.216 e. The lowest BCUT2D eigenvalue weighted by Gasteiger charge is -2.23. The van der Waals surface area contributed by atoms with E-state index in [0.29, 0.717) is 6.54 Å². The lowest BCUT2D eigenvalue weighted by molar-refractivity contribution is 0.475. The number of aryl methyl sites for hydroxylation is 1. The summed E-state index contributed by atoms with van der Waals surface area (Å²) in [6, 6.07) is 15.7. The summed E-state index contributed by atoms with van der Waals surface area (Å²) in [6.45, 7) is 6.97. The average molecular weight is 417 g/mol. The molecule has 0 aromatic heterocycles. The van der Waals surface area contributed by atoms with Gasteiger partial charge in [0.2, 0.25) is 10.0 Å². The standard InChI is InChI=1S/C22H32N4O2S/c1-17(2)25-29(27,28)16-21-13-9-8-11-19(21)14-24-22(23-4)26(5)15-20-12-7-6-10-18(20)3/h6-13,17,25H,14-16H2,1-5H3,(H,23,24). The van der Waals surface area contributed by atoms with Crippen molar-refractivity contribution in [3.63, 3.8) is 0 Å². The van der Waals surface area contributed by atoms with Crippen molar-refractivity contribution in [3.8, 4) is 0 Å². The molecule has 2 N–H and O–H groups in total. The van der Waals surface area contributed by atoms with Gasteiger partial charge in [0.1, 0.15) is 0 Å². The second-order valence-electron chi connectivity index (χ2n) is 7.48. The first-order valence-electron chi connectivity index (χ1n) is 9.75. The third-order valence-corrected chi connectivity index (χ3v) is 6.08. The monoisotopic (exact) mass is 416 g/mol. The first-order chi connectivity index (χ1) is 13.7. The SMILES string of the molecule is CN=C(NCc1ccccc1CS(=O)(=O)NC(C)C)N(C)Cc1ccccc1C. The van der Waals surface area contributed by atoms with Gasteiger partial charge in [-0.25, -0.2) is 13.1 Å². The molecule has 0 spiro atoms. The van der Waals surface area contributed by atoms with Crippen molar-refractivity contribution in [1.82, 2.24) is 14.9 Å². The summed E-state index contributed by atoms with van der Waals surface area (Å²) in [4.78, 5) is 6.43. The Kier molecular flexibility index (Phi) is 8.22. The van der Waals surface area contributed by atoms with Crippen molar-refractivity contribution in [2.45, 2.75) is 45.7 Å². The largest absolute Gasteiger partial charge is 0.352 e. The lowest BCUT2D eigenvalue weighted by Crippen LogP contribution is -2.38. The average Bonchev–Trinajstić information content (AvgIpc) is 2.64. The van der Waals surface area contributed by atoms with Gasteiger partial charge in [-0.1, -0.05) is 48.5 Å². The van der Waals surface area contributed by atoms with E-state index in [0.717, 1.165) is 23.6 Å². The molecule has 2 aromatic carbocycles. The molecule has 0 amide bonds. The Labute approximate surface area is 175 Å². The van der Waals surface area contributed by atoms with Gasteiger partial charge in [-0.3, -0.25) is 4.99 Å². The van der Waals surface area contributed by atoms with Gasteiger partial charge in [0.15, 0.2) is 5.96 Å². The summed E-state index contributed by atoms with van der Waals surface area (Å²) in [5.74, 6) is 0.715. The summed E-state index contributed by atoms with van der Waals surface area (Å²) in [5, 5.41) is 3.35. The van der Waals surface area contributed by atoms with Gasteiger partial charge in [-0.05, 0) is 43.0 Å². The molecule has 0 saturated carbocycles. The number of aliphatic imine (C=N–C) groups is 1. The summed E-state index contributed by atoms with van der Waals surface area (Å²) < 4.78 is 27.3. The van der Waals surface area contributed by atoms with Gasteiger partial charge in [-0.2, -0.15) is 0 Å². The third-order valence-electron chi connectivity index (χ3n) is 4.56. The van der Waals surface area contributed by atoms with Crippen LogP contribution in [0.15, 0.2) is 53.5 Å². The van der Waals surface area contributed by atoms with Crippen molar-refractivity contribution < 1.29 is 8.42 Å². The minimum absolute atomic E-state index is 0.0410. The van der Waals surface area contributed by atoms with E-state index < -0.39 is 10.0 Å². The highest BCUT2D eigenvalue weighted by Crippen LogP contribution is 2.13.